The predicted molar refractivity (Wildman–Crippen MR) is 322 cm³/mol. The van der Waals surface area contributed by atoms with Crippen LogP contribution in [-0.2, 0) is 35.8 Å². The molecule has 4 aliphatic rings. The van der Waals surface area contributed by atoms with Crippen LogP contribution in [0.4, 0.5) is 21.0 Å². The number of benzene rings is 2. The molecule has 4 fully saturated rings. The van der Waals surface area contributed by atoms with E-state index in [4.69, 9.17) is 19.7 Å². The van der Waals surface area contributed by atoms with Gasteiger partial charge in [0.2, 0.25) is 22.1 Å². The summed E-state index contributed by atoms with van der Waals surface area (Å²) in [6, 6.07) is 23.1. The molecule has 0 spiro atoms. The number of ether oxygens (including phenoxy) is 2. The van der Waals surface area contributed by atoms with Gasteiger partial charge in [-0.25, -0.2) is 28.9 Å². The number of carbonyl (C=O) groups is 6. The van der Waals surface area contributed by atoms with Crippen LogP contribution in [0.1, 0.15) is 129 Å². The van der Waals surface area contributed by atoms with Crippen molar-refractivity contribution < 1.29 is 48.5 Å². The molecule has 87 heavy (non-hydrogen) atoms. The standard InChI is InChI=1S/C30H38N8O5S.C29H36N8O5S/c1-2-24-5-3-4-15-37(24)20-21-6-8-22(9-7-21)28(41)32-23-10-11-26(31-19-23)43-30(42)36-16-12-25(13-17-36)44-29-33-34-35-38(29)18-14-27(39)40;1-2-23-5-3-4-14-36(23)18-20-6-8-21(9-7-20)27(40)31-22-10-11-25(30-17-22)42-29(41)35-15-12-24(13-16-35)43-28-32-33-34-37(28)19-26(38)39/h6-11,19,24-25H,2-5,12-18,20H2,1H3,(H,32,41)(H,39,40);6-11,17,23-24H,2-5,12-16,18-19H2,1H3,(H,31,40)(H,38,39). The maximum absolute atomic E-state index is 12.8. The highest BCUT2D eigenvalue weighted by Gasteiger charge is 2.29. The fraction of sp³-hybridized carbons (Fsp3) is 0.492. The lowest BCUT2D eigenvalue weighted by molar-refractivity contribution is -0.138. The molecule has 0 radical (unpaired) electrons. The normalized spacial score (nSPS) is 17.8. The second-order valence-electron chi connectivity index (χ2n) is 21.8. The predicted octanol–water partition coefficient (Wildman–Crippen LogP) is 8.24. The highest BCUT2D eigenvalue weighted by atomic mass is 32.2. The van der Waals surface area contributed by atoms with Crippen molar-refractivity contribution in [3.05, 3.63) is 107 Å². The molecular formula is C59H74N16O10S2. The van der Waals surface area contributed by atoms with Crippen molar-refractivity contribution >= 4 is 70.8 Å². The van der Waals surface area contributed by atoms with Gasteiger partial charge in [-0.1, -0.05) is 74.5 Å². The van der Waals surface area contributed by atoms with E-state index in [0.29, 0.717) is 96.8 Å². The van der Waals surface area contributed by atoms with Gasteiger partial charge in [0.05, 0.1) is 36.7 Å². The van der Waals surface area contributed by atoms with Gasteiger partial charge in [-0.05, 0) is 146 Å². The summed E-state index contributed by atoms with van der Waals surface area (Å²) in [6.07, 6.45) is 14.6. The van der Waals surface area contributed by atoms with E-state index in [9.17, 15) is 28.8 Å². The quantitative estimate of drug-likeness (QED) is 0.0527. The van der Waals surface area contributed by atoms with Crippen LogP contribution in [0.5, 0.6) is 11.8 Å². The van der Waals surface area contributed by atoms with Crippen molar-refractivity contribution in [1.29, 1.82) is 0 Å². The number of likely N-dealkylation sites (tertiary alicyclic amines) is 4. The van der Waals surface area contributed by atoms with E-state index in [0.717, 1.165) is 39.0 Å². The number of anilines is 2. The summed E-state index contributed by atoms with van der Waals surface area (Å²) in [5.74, 6) is -2.11. The number of rotatable bonds is 21. The molecule has 26 nitrogen and oxygen atoms in total. The fourth-order valence-corrected chi connectivity index (χ4v) is 13.1. The molecule has 28 heteroatoms. The Bertz CT molecular complexity index is 3230. The molecule has 6 aromatic rings. The lowest BCUT2D eigenvalue weighted by Crippen LogP contribution is -2.41. The SMILES string of the molecule is CCC1CCCCN1Cc1ccc(C(=O)Nc2ccc(OC(=O)N3CCC(Sc4nnnn4CC(=O)O)CC3)nc2)cc1.CCC1CCCCN1Cc1ccc(C(=O)Nc2ccc(OC(=O)N3CCC(Sc4nnnn4CCC(=O)O)CC3)nc2)cc1. The average Bonchev–Trinajstić information content (AvgIpc) is 4.38. The van der Waals surface area contributed by atoms with Gasteiger partial charge >= 0.3 is 24.1 Å². The number of piperidine rings is 4. The van der Waals surface area contributed by atoms with Gasteiger partial charge in [-0.3, -0.25) is 29.0 Å². The maximum atomic E-state index is 12.8. The Morgan fingerprint density at radius 2 is 0.977 bits per heavy atom. The molecule has 0 bridgehead atoms. The minimum absolute atomic E-state index is 0.0589. The fourth-order valence-electron chi connectivity index (χ4n) is 10.9. The first-order valence-electron chi connectivity index (χ1n) is 29.7. The van der Waals surface area contributed by atoms with Crippen LogP contribution in [0.3, 0.4) is 0 Å². The highest BCUT2D eigenvalue weighted by molar-refractivity contribution is 8.00. The lowest BCUT2D eigenvalue weighted by atomic mass is 9.99. The minimum atomic E-state index is -1.02. The van der Waals surface area contributed by atoms with Gasteiger partial charge in [-0.2, -0.15) is 0 Å². The summed E-state index contributed by atoms with van der Waals surface area (Å²) in [4.78, 5) is 89.5. The number of amides is 4. The number of carbonyl (C=O) groups excluding carboxylic acids is 4. The van der Waals surface area contributed by atoms with Crippen LogP contribution in [0.2, 0.25) is 0 Å². The Morgan fingerprint density at radius 1 is 0.540 bits per heavy atom. The number of nitrogens with zero attached hydrogens (tertiary/aromatic N) is 14. The number of tetrazole rings is 2. The summed E-state index contributed by atoms with van der Waals surface area (Å²) < 4.78 is 13.6. The van der Waals surface area contributed by atoms with E-state index in [-0.39, 0.29) is 53.6 Å². The third kappa shape index (κ3) is 18.7. The summed E-state index contributed by atoms with van der Waals surface area (Å²) in [5.41, 5.74) is 4.52. The van der Waals surface area contributed by atoms with Gasteiger partial charge in [0.25, 0.3) is 11.8 Å². The zero-order chi connectivity index (χ0) is 61.1. The average molecular weight is 1230 g/mol. The van der Waals surface area contributed by atoms with Crippen LogP contribution in [-0.4, -0.2) is 178 Å². The molecule has 2 unspecified atom stereocenters. The highest BCUT2D eigenvalue weighted by Crippen LogP contribution is 2.31. The van der Waals surface area contributed by atoms with E-state index >= 15 is 0 Å². The van der Waals surface area contributed by atoms with Crippen molar-refractivity contribution in [1.82, 2.24) is 70.0 Å². The number of carboxylic acid groups (broad SMARTS) is 2. The zero-order valence-corrected chi connectivity index (χ0v) is 50.5. The van der Waals surface area contributed by atoms with Crippen molar-refractivity contribution in [3.63, 3.8) is 0 Å². The molecule has 462 valence electrons. The van der Waals surface area contributed by atoms with Gasteiger partial charge in [0.15, 0.2) is 0 Å². The zero-order valence-electron chi connectivity index (χ0n) is 48.9. The summed E-state index contributed by atoms with van der Waals surface area (Å²) in [5, 5.41) is 47.6. The van der Waals surface area contributed by atoms with Crippen LogP contribution in [0.15, 0.2) is 95.5 Å². The molecule has 4 aliphatic heterocycles. The van der Waals surface area contributed by atoms with Crippen molar-refractivity contribution in [2.24, 2.45) is 0 Å². The number of carboxylic acids is 2. The summed E-state index contributed by atoms with van der Waals surface area (Å²) >= 11 is 2.89. The van der Waals surface area contributed by atoms with Crippen LogP contribution >= 0.6 is 23.5 Å². The van der Waals surface area contributed by atoms with Gasteiger partial charge in [0, 0.05) is 85.1 Å². The van der Waals surface area contributed by atoms with E-state index in [1.807, 2.05) is 48.5 Å². The minimum Gasteiger partial charge on any atom is -0.481 e. The number of aryl methyl sites for hydroxylation is 1. The molecule has 2 aromatic carbocycles. The lowest BCUT2D eigenvalue weighted by Gasteiger charge is -2.35. The van der Waals surface area contributed by atoms with Gasteiger partial charge in [0.1, 0.15) is 6.54 Å². The van der Waals surface area contributed by atoms with Crippen LogP contribution in [0, 0.1) is 0 Å². The molecule has 0 aliphatic carbocycles. The Labute approximate surface area is 512 Å². The third-order valence-corrected chi connectivity index (χ3v) is 18.4. The van der Waals surface area contributed by atoms with E-state index in [2.05, 4.69) is 75.3 Å². The number of nitrogens with one attached hydrogen (secondary N) is 2. The molecule has 4 saturated heterocycles. The largest absolute Gasteiger partial charge is 0.481 e. The molecule has 0 saturated carbocycles. The van der Waals surface area contributed by atoms with Crippen molar-refractivity contribution in [2.75, 3.05) is 49.9 Å². The van der Waals surface area contributed by atoms with Crippen LogP contribution in [0.25, 0.3) is 0 Å². The molecule has 4 aromatic heterocycles. The number of hydrogen-bond donors (Lipinski definition) is 4. The third-order valence-electron chi connectivity index (χ3n) is 15.8. The Morgan fingerprint density at radius 3 is 1.38 bits per heavy atom. The topological polar surface area (TPSA) is 311 Å². The first-order valence-corrected chi connectivity index (χ1v) is 31.4. The van der Waals surface area contributed by atoms with Crippen LogP contribution < -0.4 is 20.1 Å². The van der Waals surface area contributed by atoms with Crippen molar-refractivity contribution in [3.8, 4) is 11.8 Å². The Hall–Kier alpha value is -8.08. The number of hydrogen-bond acceptors (Lipinski definition) is 20. The van der Waals surface area contributed by atoms with E-state index < -0.39 is 24.1 Å². The first-order chi connectivity index (χ1) is 42.2. The molecule has 8 heterocycles. The molecule has 2 atom stereocenters. The molecule has 10 rings (SSSR count). The Kier molecular flexibility index (Phi) is 23.0. The summed E-state index contributed by atoms with van der Waals surface area (Å²) in [7, 11) is 0. The molecule has 4 N–H and O–H groups in total. The number of aromatic nitrogens is 10. The first kappa shape index (κ1) is 63.4. The maximum Gasteiger partial charge on any atom is 0.416 e. The van der Waals surface area contributed by atoms with Gasteiger partial charge in [-0.15, -0.1) is 10.2 Å². The van der Waals surface area contributed by atoms with E-state index in [1.165, 1.54) is 94.9 Å². The summed E-state index contributed by atoms with van der Waals surface area (Å²) in [6.45, 7) is 10.4. The number of thioether (sulfide) groups is 2. The second kappa shape index (κ2) is 31.5. The van der Waals surface area contributed by atoms with E-state index in [1.54, 1.807) is 34.1 Å². The monoisotopic (exact) mass is 1230 g/mol. The smallest absolute Gasteiger partial charge is 0.416 e. The number of aliphatic carboxylic acids is 2. The van der Waals surface area contributed by atoms with Crippen molar-refractivity contribution in [2.45, 2.75) is 156 Å². The number of pyridine rings is 2. The van der Waals surface area contributed by atoms with Gasteiger partial charge < -0.3 is 40.1 Å². The second-order valence-corrected chi connectivity index (χ2v) is 24.3. The molecule has 4 amide bonds. The Balaban J connectivity index is 0.000000208. The molecular weight excluding hydrogens is 1160 g/mol.